The van der Waals surface area contributed by atoms with Crippen LogP contribution in [0.3, 0.4) is 0 Å². The Kier molecular flexibility index (Phi) is 4.42. The molecule has 0 aromatic carbocycles. The molecule has 1 aromatic rings. The molecule has 0 radical (unpaired) electrons. The van der Waals surface area contributed by atoms with Crippen molar-refractivity contribution >= 4 is 5.69 Å². The number of methoxy groups -OCH3 is 1. The summed E-state index contributed by atoms with van der Waals surface area (Å²) in [7, 11) is 3.51. The van der Waals surface area contributed by atoms with Gasteiger partial charge in [-0.2, -0.15) is 5.10 Å². The Balaban J connectivity index is 2.56. The number of anilines is 1. The zero-order valence-electron chi connectivity index (χ0n) is 9.62. The fourth-order valence-corrected chi connectivity index (χ4v) is 1.38. The van der Waals surface area contributed by atoms with Crippen molar-refractivity contribution in [2.24, 2.45) is 7.05 Å². The second-order valence-electron chi connectivity index (χ2n) is 3.34. The SMILES string of the molecule is CCc1nn(C)c(OCCCOC)c1N. The third kappa shape index (κ3) is 2.86. The van der Waals surface area contributed by atoms with Crippen molar-refractivity contribution in [2.45, 2.75) is 19.8 Å². The van der Waals surface area contributed by atoms with Crippen LogP contribution >= 0.6 is 0 Å². The standard InChI is InChI=1S/C10H19N3O2/c1-4-8-9(11)10(13(2)12-8)15-7-5-6-14-3/h4-7,11H2,1-3H3. The fourth-order valence-electron chi connectivity index (χ4n) is 1.38. The lowest BCUT2D eigenvalue weighted by molar-refractivity contribution is 0.169. The number of aryl methyl sites for hydroxylation is 2. The molecule has 0 saturated carbocycles. The minimum absolute atomic E-state index is 0.598. The lowest BCUT2D eigenvalue weighted by Crippen LogP contribution is -2.06. The number of aromatic nitrogens is 2. The van der Waals surface area contributed by atoms with E-state index >= 15 is 0 Å². The monoisotopic (exact) mass is 213 g/mol. The van der Waals surface area contributed by atoms with Crippen molar-refractivity contribution in [3.05, 3.63) is 5.69 Å². The Hall–Kier alpha value is -1.23. The van der Waals surface area contributed by atoms with Crippen molar-refractivity contribution in [3.63, 3.8) is 0 Å². The fraction of sp³-hybridized carbons (Fsp3) is 0.700. The van der Waals surface area contributed by atoms with E-state index in [2.05, 4.69) is 5.10 Å². The van der Waals surface area contributed by atoms with Crippen molar-refractivity contribution < 1.29 is 9.47 Å². The van der Waals surface area contributed by atoms with Crippen LogP contribution in [0.4, 0.5) is 5.69 Å². The third-order valence-corrected chi connectivity index (χ3v) is 2.17. The van der Waals surface area contributed by atoms with E-state index in [0.717, 1.165) is 18.5 Å². The molecular weight excluding hydrogens is 194 g/mol. The molecule has 0 aliphatic heterocycles. The molecule has 0 bridgehead atoms. The second-order valence-corrected chi connectivity index (χ2v) is 3.34. The van der Waals surface area contributed by atoms with Gasteiger partial charge < -0.3 is 15.2 Å². The van der Waals surface area contributed by atoms with Crippen LogP contribution in [0.1, 0.15) is 19.0 Å². The van der Waals surface area contributed by atoms with Gasteiger partial charge >= 0.3 is 0 Å². The highest BCUT2D eigenvalue weighted by atomic mass is 16.5. The molecule has 0 aliphatic carbocycles. The molecule has 5 heteroatoms. The van der Waals surface area contributed by atoms with Gasteiger partial charge in [-0.05, 0) is 6.42 Å². The molecule has 1 aromatic heterocycles. The predicted octanol–water partition coefficient (Wildman–Crippen LogP) is 0.980. The van der Waals surface area contributed by atoms with E-state index in [1.807, 2.05) is 14.0 Å². The highest BCUT2D eigenvalue weighted by Gasteiger charge is 2.12. The Labute approximate surface area is 90.2 Å². The number of nitrogens with zero attached hydrogens (tertiary/aromatic N) is 2. The quantitative estimate of drug-likeness (QED) is 0.715. The maximum absolute atomic E-state index is 5.89. The van der Waals surface area contributed by atoms with Crippen molar-refractivity contribution in [1.29, 1.82) is 0 Å². The van der Waals surface area contributed by atoms with E-state index < -0.39 is 0 Å². The largest absolute Gasteiger partial charge is 0.476 e. The summed E-state index contributed by atoms with van der Waals surface area (Å²) in [6, 6.07) is 0. The molecule has 1 rings (SSSR count). The molecule has 2 N–H and O–H groups in total. The Morgan fingerprint density at radius 1 is 1.40 bits per heavy atom. The molecule has 5 nitrogen and oxygen atoms in total. The lowest BCUT2D eigenvalue weighted by atomic mass is 10.3. The topological polar surface area (TPSA) is 62.3 Å². The number of ether oxygens (including phenoxy) is 2. The van der Waals surface area contributed by atoms with Crippen LogP contribution in [0.15, 0.2) is 0 Å². The van der Waals surface area contributed by atoms with Gasteiger partial charge in [0.15, 0.2) is 0 Å². The molecule has 15 heavy (non-hydrogen) atoms. The van der Waals surface area contributed by atoms with E-state index in [4.69, 9.17) is 15.2 Å². The Morgan fingerprint density at radius 3 is 2.67 bits per heavy atom. The van der Waals surface area contributed by atoms with Crippen LogP contribution in [0.5, 0.6) is 5.88 Å². The van der Waals surface area contributed by atoms with Gasteiger partial charge in [0.25, 0.3) is 0 Å². The zero-order chi connectivity index (χ0) is 11.3. The Bertz CT molecular complexity index is 310. The highest BCUT2D eigenvalue weighted by molar-refractivity contribution is 5.52. The summed E-state index contributed by atoms with van der Waals surface area (Å²) in [5.41, 5.74) is 7.43. The van der Waals surface area contributed by atoms with Gasteiger partial charge in [0, 0.05) is 27.2 Å². The van der Waals surface area contributed by atoms with Crippen LogP contribution in [0.25, 0.3) is 0 Å². The summed E-state index contributed by atoms with van der Waals surface area (Å²) in [6.45, 7) is 3.31. The molecule has 0 saturated heterocycles. The summed E-state index contributed by atoms with van der Waals surface area (Å²) in [5, 5.41) is 4.26. The maximum Gasteiger partial charge on any atom is 0.235 e. The molecular formula is C10H19N3O2. The summed E-state index contributed by atoms with van der Waals surface area (Å²) in [6.07, 6.45) is 1.67. The molecule has 0 unspecified atom stereocenters. The number of nitrogen functional groups attached to an aromatic ring is 1. The van der Waals surface area contributed by atoms with Gasteiger partial charge in [0.1, 0.15) is 5.69 Å². The molecule has 0 spiro atoms. The van der Waals surface area contributed by atoms with Crippen LogP contribution < -0.4 is 10.5 Å². The van der Waals surface area contributed by atoms with Crippen molar-refractivity contribution in [2.75, 3.05) is 26.1 Å². The van der Waals surface area contributed by atoms with E-state index in [9.17, 15) is 0 Å². The van der Waals surface area contributed by atoms with Crippen molar-refractivity contribution in [3.8, 4) is 5.88 Å². The molecule has 0 atom stereocenters. The minimum atomic E-state index is 0.598. The number of hydrogen-bond donors (Lipinski definition) is 1. The molecule has 0 aliphatic rings. The Morgan fingerprint density at radius 2 is 2.13 bits per heavy atom. The van der Waals surface area contributed by atoms with Crippen LogP contribution in [0.2, 0.25) is 0 Å². The second kappa shape index (κ2) is 5.60. The summed E-state index contributed by atoms with van der Waals surface area (Å²) >= 11 is 0. The van der Waals surface area contributed by atoms with Gasteiger partial charge in [-0.1, -0.05) is 6.92 Å². The first-order valence-electron chi connectivity index (χ1n) is 5.13. The van der Waals surface area contributed by atoms with Crippen LogP contribution in [-0.2, 0) is 18.2 Å². The third-order valence-electron chi connectivity index (χ3n) is 2.17. The van der Waals surface area contributed by atoms with E-state index in [0.29, 0.717) is 24.8 Å². The summed E-state index contributed by atoms with van der Waals surface area (Å²) in [4.78, 5) is 0. The zero-order valence-corrected chi connectivity index (χ0v) is 9.62. The average molecular weight is 213 g/mol. The number of hydrogen-bond acceptors (Lipinski definition) is 4. The lowest BCUT2D eigenvalue weighted by Gasteiger charge is -2.06. The van der Waals surface area contributed by atoms with E-state index in [-0.39, 0.29) is 0 Å². The van der Waals surface area contributed by atoms with Gasteiger partial charge in [0.05, 0.1) is 12.3 Å². The molecule has 86 valence electrons. The highest BCUT2D eigenvalue weighted by Crippen LogP contribution is 2.24. The van der Waals surface area contributed by atoms with E-state index in [1.165, 1.54) is 0 Å². The van der Waals surface area contributed by atoms with Gasteiger partial charge in [-0.25, -0.2) is 4.68 Å². The van der Waals surface area contributed by atoms with Crippen LogP contribution in [-0.4, -0.2) is 30.1 Å². The van der Waals surface area contributed by atoms with Crippen molar-refractivity contribution in [1.82, 2.24) is 9.78 Å². The maximum atomic E-state index is 5.89. The first kappa shape index (κ1) is 11.8. The number of nitrogens with two attached hydrogens (primary N) is 1. The molecule has 1 heterocycles. The van der Waals surface area contributed by atoms with Gasteiger partial charge in [0.2, 0.25) is 5.88 Å². The van der Waals surface area contributed by atoms with Crippen LogP contribution in [0, 0.1) is 0 Å². The van der Waals surface area contributed by atoms with Gasteiger partial charge in [-0.15, -0.1) is 0 Å². The summed E-state index contributed by atoms with van der Waals surface area (Å²) in [5.74, 6) is 0.656. The first-order valence-corrected chi connectivity index (χ1v) is 5.13. The molecule has 0 fully saturated rings. The number of rotatable bonds is 6. The van der Waals surface area contributed by atoms with E-state index in [1.54, 1.807) is 11.8 Å². The summed E-state index contributed by atoms with van der Waals surface area (Å²) < 4.78 is 12.2. The minimum Gasteiger partial charge on any atom is -0.476 e. The molecule has 0 amide bonds. The van der Waals surface area contributed by atoms with Gasteiger partial charge in [-0.3, -0.25) is 0 Å². The first-order chi connectivity index (χ1) is 7.20. The normalized spacial score (nSPS) is 10.6. The average Bonchev–Trinajstić information content (AvgIpc) is 2.50. The smallest absolute Gasteiger partial charge is 0.235 e. The predicted molar refractivity (Wildman–Crippen MR) is 59.0 cm³/mol.